The van der Waals surface area contributed by atoms with Crippen LogP contribution in [0.4, 0.5) is 0 Å². The summed E-state index contributed by atoms with van der Waals surface area (Å²) in [6.07, 6.45) is 1.52. The largest absolute Gasteiger partial charge is 0.492 e. The maximum atomic E-state index is 13.0. The lowest BCUT2D eigenvalue weighted by atomic mass is 9.88. The number of aliphatic hydroxyl groups excluding tert-OH is 1. The molecule has 0 spiro atoms. The molecule has 0 saturated carbocycles. The van der Waals surface area contributed by atoms with Crippen LogP contribution in [0, 0.1) is 12.3 Å². The summed E-state index contributed by atoms with van der Waals surface area (Å²) in [4.78, 5) is 1.75. The number of ether oxygens (including phenoxy) is 2. The fourth-order valence-electron chi connectivity index (χ4n) is 3.83. The predicted octanol–water partition coefficient (Wildman–Crippen LogP) is 2.64. The van der Waals surface area contributed by atoms with Gasteiger partial charge in [0.1, 0.15) is 17.3 Å². The maximum absolute atomic E-state index is 13.0. The Hall–Kier alpha value is -2.69. The Balaban J connectivity index is 0.00000385. The van der Waals surface area contributed by atoms with Gasteiger partial charge >= 0.3 is 10.1 Å². The van der Waals surface area contributed by atoms with E-state index in [1.165, 1.54) is 19.2 Å². The second-order valence-corrected chi connectivity index (χ2v) is 9.16. The van der Waals surface area contributed by atoms with Gasteiger partial charge in [-0.05, 0) is 49.4 Å². The van der Waals surface area contributed by atoms with Gasteiger partial charge in [-0.1, -0.05) is 12.1 Å². The maximum Gasteiger partial charge on any atom is 0.339 e. The van der Waals surface area contributed by atoms with Crippen molar-refractivity contribution in [3.05, 3.63) is 47.5 Å². The van der Waals surface area contributed by atoms with Crippen LogP contribution in [0.15, 0.2) is 41.3 Å². The van der Waals surface area contributed by atoms with Crippen molar-refractivity contribution in [3.8, 4) is 17.2 Å². The summed E-state index contributed by atoms with van der Waals surface area (Å²) >= 11 is 0. The fraction of sp³-hybridized carbons (Fsp3) is 0.409. The van der Waals surface area contributed by atoms with E-state index in [4.69, 9.17) is 29.9 Å². The zero-order valence-electron chi connectivity index (χ0n) is 18.6. The van der Waals surface area contributed by atoms with E-state index in [0.717, 1.165) is 24.0 Å². The second kappa shape index (κ2) is 11.4. The van der Waals surface area contributed by atoms with Gasteiger partial charge < -0.3 is 29.4 Å². The first-order valence-corrected chi connectivity index (χ1v) is 11.7. The Morgan fingerprint density at radius 1 is 1.24 bits per heavy atom. The van der Waals surface area contributed by atoms with E-state index in [1.807, 2.05) is 17.9 Å². The molecular formula is C22H30ClN3O6S. The zero-order valence-corrected chi connectivity index (χ0v) is 20.2. The van der Waals surface area contributed by atoms with E-state index in [-0.39, 0.29) is 48.1 Å². The van der Waals surface area contributed by atoms with Crippen molar-refractivity contribution in [1.82, 2.24) is 4.90 Å². The number of aryl methyl sites for hydroxylation is 1. The summed E-state index contributed by atoms with van der Waals surface area (Å²) in [7, 11) is -2.67. The summed E-state index contributed by atoms with van der Waals surface area (Å²) in [5.41, 5.74) is 7.32. The molecule has 3 rings (SSSR count). The Morgan fingerprint density at radius 2 is 1.94 bits per heavy atom. The van der Waals surface area contributed by atoms with E-state index in [2.05, 4.69) is 0 Å². The lowest BCUT2D eigenvalue weighted by molar-refractivity contribution is 0.201. The van der Waals surface area contributed by atoms with Crippen molar-refractivity contribution < 1.29 is 27.2 Å². The number of nitrogens with zero attached hydrogens (tertiary/aromatic N) is 1. The fourth-order valence-corrected chi connectivity index (χ4v) is 4.79. The number of guanidine groups is 1. The summed E-state index contributed by atoms with van der Waals surface area (Å²) in [5.74, 6) is 1.00. The average molecular weight is 500 g/mol. The van der Waals surface area contributed by atoms with E-state index in [9.17, 15) is 8.42 Å². The highest BCUT2D eigenvalue weighted by molar-refractivity contribution is 7.87. The lowest BCUT2D eigenvalue weighted by Crippen LogP contribution is -2.41. The molecule has 4 N–H and O–H groups in total. The number of rotatable bonds is 8. The molecule has 1 fully saturated rings. The third-order valence-corrected chi connectivity index (χ3v) is 6.59. The molecule has 0 amide bonds. The number of hydrogen-bond donors (Lipinski definition) is 3. The number of aliphatic hydroxyl groups is 1. The Kier molecular flexibility index (Phi) is 9.21. The molecule has 182 valence electrons. The molecule has 0 unspecified atom stereocenters. The first-order chi connectivity index (χ1) is 15.2. The van der Waals surface area contributed by atoms with E-state index in [0.29, 0.717) is 24.6 Å². The molecule has 0 atom stereocenters. The van der Waals surface area contributed by atoms with Crippen molar-refractivity contribution in [2.45, 2.75) is 30.6 Å². The van der Waals surface area contributed by atoms with Gasteiger partial charge in [0.05, 0.1) is 13.7 Å². The molecule has 1 aliphatic heterocycles. The van der Waals surface area contributed by atoms with Crippen molar-refractivity contribution >= 4 is 28.5 Å². The molecule has 1 saturated heterocycles. The van der Waals surface area contributed by atoms with Crippen LogP contribution in [-0.4, -0.2) is 57.8 Å². The molecule has 11 heteroatoms. The molecule has 1 heterocycles. The smallest absolute Gasteiger partial charge is 0.339 e. The average Bonchev–Trinajstić information content (AvgIpc) is 2.77. The molecule has 33 heavy (non-hydrogen) atoms. The topological polar surface area (TPSA) is 135 Å². The molecule has 9 nitrogen and oxygen atoms in total. The van der Waals surface area contributed by atoms with Gasteiger partial charge in [-0.2, -0.15) is 8.42 Å². The molecule has 0 radical (unpaired) electrons. The van der Waals surface area contributed by atoms with Crippen LogP contribution in [0.3, 0.4) is 0 Å². The normalized spacial score (nSPS) is 14.3. The Morgan fingerprint density at radius 3 is 2.55 bits per heavy atom. The number of hydrogen-bond acceptors (Lipinski definition) is 7. The van der Waals surface area contributed by atoms with Gasteiger partial charge in [0.15, 0.2) is 17.5 Å². The van der Waals surface area contributed by atoms with Gasteiger partial charge in [0, 0.05) is 24.7 Å². The molecule has 0 bridgehead atoms. The van der Waals surface area contributed by atoms with Crippen LogP contribution in [-0.2, 0) is 10.1 Å². The van der Waals surface area contributed by atoms with Gasteiger partial charge in [0.25, 0.3) is 0 Å². The highest BCUT2D eigenvalue weighted by atomic mass is 35.5. The monoisotopic (exact) mass is 499 g/mol. The summed E-state index contributed by atoms with van der Waals surface area (Å²) < 4.78 is 42.4. The zero-order chi connectivity index (χ0) is 23.3. The first-order valence-electron chi connectivity index (χ1n) is 10.3. The Bertz CT molecular complexity index is 1070. The number of halogens is 1. The number of nitrogens with two attached hydrogens (primary N) is 1. The van der Waals surface area contributed by atoms with Crippen LogP contribution in [0.1, 0.15) is 29.9 Å². The van der Waals surface area contributed by atoms with Gasteiger partial charge in [-0.25, -0.2) is 0 Å². The number of benzene rings is 2. The third kappa shape index (κ3) is 6.43. The molecular weight excluding hydrogens is 470 g/mol. The first kappa shape index (κ1) is 26.6. The van der Waals surface area contributed by atoms with Crippen molar-refractivity contribution in [2.24, 2.45) is 5.73 Å². The minimum Gasteiger partial charge on any atom is -0.492 e. The van der Waals surface area contributed by atoms with Crippen LogP contribution < -0.4 is 19.4 Å². The van der Waals surface area contributed by atoms with Crippen LogP contribution in [0.2, 0.25) is 0 Å². The number of methoxy groups -OCH3 is 1. The SMILES string of the molecule is COc1c(OS(=O)(=O)c2cccc(OCCO)c2)cc(C)cc1C1CCN(C(=N)N)CC1.Cl. The van der Waals surface area contributed by atoms with Gasteiger partial charge in [0.2, 0.25) is 0 Å². The molecule has 0 aliphatic carbocycles. The molecule has 0 aromatic heterocycles. The quantitative estimate of drug-likeness (QED) is 0.286. The number of piperidine rings is 1. The molecule has 1 aliphatic rings. The minimum absolute atomic E-state index is 0. The lowest BCUT2D eigenvalue weighted by Gasteiger charge is -2.33. The van der Waals surface area contributed by atoms with Crippen molar-refractivity contribution in [2.75, 3.05) is 33.4 Å². The number of nitrogens with one attached hydrogen (secondary N) is 1. The third-order valence-electron chi connectivity index (χ3n) is 5.36. The van der Waals surface area contributed by atoms with Crippen LogP contribution in [0.5, 0.6) is 17.2 Å². The minimum atomic E-state index is -4.15. The van der Waals surface area contributed by atoms with Crippen molar-refractivity contribution in [1.29, 1.82) is 5.41 Å². The summed E-state index contributed by atoms with van der Waals surface area (Å²) in [6.45, 7) is 3.04. The Labute approximate surface area is 200 Å². The van der Waals surface area contributed by atoms with Crippen LogP contribution in [0.25, 0.3) is 0 Å². The second-order valence-electron chi connectivity index (χ2n) is 7.62. The standard InChI is InChI=1S/C22H29N3O6S.ClH/c1-15-12-19(16-6-8-25(9-7-16)22(23)24)21(29-2)20(13-15)31-32(27,28)18-5-3-4-17(14-18)30-11-10-26;/h3-5,12-14,16,26H,6-11H2,1-2H3,(H3,23,24);1H. The molecule has 2 aromatic carbocycles. The molecule has 2 aromatic rings. The highest BCUT2D eigenvalue weighted by Gasteiger charge is 2.28. The summed E-state index contributed by atoms with van der Waals surface area (Å²) in [6, 6.07) is 9.54. The van der Waals surface area contributed by atoms with Gasteiger partial charge in [-0.15, -0.1) is 12.4 Å². The number of likely N-dealkylation sites (tertiary alicyclic amines) is 1. The van der Waals surface area contributed by atoms with Crippen LogP contribution >= 0.6 is 12.4 Å². The van der Waals surface area contributed by atoms with Gasteiger partial charge in [-0.3, -0.25) is 5.41 Å². The van der Waals surface area contributed by atoms with E-state index >= 15 is 0 Å². The summed E-state index contributed by atoms with van der Waals surface area (Å²) in [5, 5.41) is 16.5. The van der Waals surface area contributed by atoms with E-state index in [1.54, 1.807) is 18.2 Å². The predicted molar refractivity (Wildman–Crippen MR) is 127 cm³/mol. The highest BCUT2D eigenvalue weighted by Crippen LogP contribution is 2.42. The van der Waals surface area contributed by atoms with E-state index < -0.39 is 10.1 Å². The van der Waals surface area contributed by atoms with Crippen molar-refractivity contribution in [3.63, 3.8) is 0 Å².